The van der Waals surface area contributed by atoms with Crippen molar-refractivity contribution in [3.8, 4) is 0 Å². The Kier molecular flexibility index (Phi) is 4.55. The van der Waals surface area contributed by atoms with Crippen molar-refractivity contribution >= 4 is 39.3 Å². The summed E-state index contributed by atoms with van der Waals surface area (Å²) in [5.41, 5.74) is 0.798. The van der Waals surface area contributed by atoms with E-state index in [4.69, 9.17) is 0 Å². The zero-order valence-electron chi connectivity index (χ0n) is 14.3. The molecule has 1 heterocycles. The summed E-state index contributed by atoms with van der Waals surface area (Å²) in [5.74, 6) is -1.51. The van der Waals surface area contributed by atoms with Crippen molar-refractivity contribution in [1.82, 2.24) is 4.90 Å². The number of benzene rings is 2. The molecular formula is C20H16BrFN2O3. The molecule has 0 N–H and O–H groups in total. The number of anilines is 1. The number of amides is 3. The Hall–Kier alpha value is -2.54. The van der Waals surface area contributed by atoms with Gasteiger partial charge in [-0.2, -0.15) is 0 Å². The largest absolute Gasteiger partial charge is 0.323 e. The first-order chi connectivity index (χ1) is 13.0. The quantitative estimate of drug-likeness (QED) is 0.697. The topological polar surface area (TPSA) is 57.7 Å². The van der Waals surface area contributed by atoms with Gasteiger partial charge >= 0.3 is 0 Å². The van der Waals surface area contributed by atoms with Crippen molar-refractivity contribution in [2.24, 2.45) is 0 Å². The van der Waals surface area contributed by atoms with E-state index >= 15 is 0 Å². The lowest BCUT2D eigenvalue weighted by atomic mass is 10.1. The van der Waals surface area contributed by atoms with E-state index in [-0.39, 0.29) is 24.3 Å². The van der Waals surface area contributed by atoms with E-state index in [2.05, 4.69) is 15.9 Å². The summed E-state index contributed by atoms with van der Waals surface area (Å²) in [7, 11) is 0. The number of hydrogen-bond acceptors (Lipinski definition) is 3. The van der Waals surface area contributed by atoms with Crippen LogP contribution in [0.15, 0.2) is 53.0 Å². The molecule has 2 aromatic carbocycles. The predicted molar refractivity (Wildman–Crippen MR) is 101 cm³/mol. The normalized spacial score (nSPS) is 19.5. The van der Waals surface area contributed by atoms with Gasteiger partial charge in [-0.3, -0.25) is 14.4 Å². The molecule has 1 saturated carbocycles. The smallest absolute Gasteiger partial charge is 0.257 e. The maximum atomic E-state index is 13.2. The minimum atomic E-state index is -0.828. The molecule has 2 fully saturated rings. The highest BCUT2D eigenvalue weighted by Crippen LogP contribution is 2.35. The molecule has 3 amide bonds. The fourth-order valence-electron chi connectivity index (χ4n) is 3.35. The van der Waals surface area contributed by atoms with Gasteiger partial charge < -0.3 is 4.90 Å². The maximum absolute atomic E-state index is 13.2. The van der Waals surface area contributed by atoms with Gasteiger partial charge in [-0.1, -0.05) is 15.9 Å². The van der Waals surface area contributed by atoms with E-state index in [0.29, 0.717) is 11.3 Å². The van der Waals surface area contributed by atoms with E-state index in [1.807, 2.05) is 0 Å². The minimum absolute atomic E-state index is 0.0433. The van der Waals surface area contributed by atoms with Gasteiger partial charge in [-0.15, -0.1) is 0 Å². The molecule has 1 atom stereocenters. The Balaban J connectivity index is 1.63. The lowest BCUT2D eigenvalue weighted by molar-refractivity contribution is -0.122. The average Bonchev–Trinajstić information content (AvgIpc) is 3.43. The molecule has 4 rings (SSSR count). The van der Waals surface area contributed by atoms with Gasteiger partial charge in [0.2, 0.25) is 5.91 Å². The highest BCUT2D eigenvalue weighted by atomic mass is 79.9. The van der Waals surface area contributed by atoms with Crippen LogP contribution in [-0.4, -0.2) is 34.7 Å². The highest BCUT2D eigenvalue weighted by molar-refractivity contribution is 9.10. The van der Waals surface area contributed by atoms with E-state index in [9.17, 15) is 18.8 Å². The summed E-state index contributed by atoms with van der Waals surface area (Å²) in [6.45, 7) is 0. The number of hydrogen-bond donors (Lipinski definition) is 0. The van der Waals surface area contributed by atoms with Crippen LogP contribution in [0.5, 0.6) is 0 Å². The second-order valence-corrected chi connectivity index (χ2v) is 7.63. The molecule has 7 heteroatoms. The van der Waals surface area contributed by atoms with E-state index in [0.717, 1.165) is 22.2 Å². The molecule has 1 aliphatic carbocycles. The van der Waals surface area contributed by atoms with Crippen LogP contribution in [0.2, 0.25) is 0 Å². The van der Waals surface area contributed by atoms with E-state index in [1.165, 1.54) is 29.2 Å². The average molecular weight is 431 g/mol. The number of nitrogens with zero attached hydrogens (tertiary/aromatic N) is 2. The first-order valence-electron chi connectivity index (χ1n) is 8.66. The van der Waals surface area contributed by atoms with Crippen molar-refractivity contribution in [3.05, 3.63) is 64.4 Å². The third kappa shape index (κ3) is 3.39. The fraction of sp³-hybridized carbons (Fsp3) is 0.250. The summed E-state index contributed by atoms with van der Waals surface area (Å²) in [4.78, 5) is 41.2. The summed E-state index contributed by atoms with van der Waals surface area (Å²) in [6.07, 6.45) is 1.55. The molecule has 0 aromatic heterocycles. The molecule has 0 spiro atoms. The van der Waals surface area contributed by atoms with Crippen LogP contribution in [0.1, 0.15) is 29.6 Å². The summed E-state index contributed by atoms with van der Waals surface area (Å²) in [5, 5.41) is 0. The van der Waals surface area contributed by atoms with Crippen LogP contribution >= 0.6 is 15.9 Å². The van der Waals surface area contributed by atoms with E-state index < -0.39 is 17.8 Å². The SMILES string of the molecule is O=C1CC(N(C(=O)c2ccc(F)cc2)C2CC2)C(=O)N1c1ccc(Br)cc1. The lowest BCUT2D eigenvalue weighted by Gasteiger charge is -2.27. The Morgan fingerprint density at radius 1 is 1.04 bits per heavy atom. The molecule has 1 saturated heterocycles. The summed E-state index contributed by atoms with van der Waals surface area (Å²) < 4.78 is 14.0. The van der Waals surface area contributed by atoms with Crippen LogP contribution in [0.4, 0.5) is 10.1 Å². The number of rotatable bonds is 4. The van der Waals surface area contributed by atoms with Crippen molar-refractivity contribution in [2.75, 3.05) is 4.90 Å². The number of carbonyl (C=O) groups is 3. The van der Waals surface area contributed by atoms with Crippen LogP contribution in [0.3, 0.4) is 0 Å². The van der Waals surface area contributed by atoms with Crippen molar-refractivity contribution in [1.29, 1.82) is 0 Å². The monoisotopic (exact) mass is 430 g/mol. The molecule has 5 nitrogen and oxygen atoms in total. The van der Waals surface area contributed by atoms with Gasteiger partial charge in [0.05, 0.1) is 12.1 Å². The summed E-state index contributed by atoms with van der Waals surface area (Å²) in [6, 6.07) is 11.2. The van der Waals surface area contributed by atoms with Crippen molar-refractivity contribution in [3.63, 3.8) is 0 Å². The Morgan fingerprint density at radius 2 is 1.67 bits per heavy atom. The Morgan fingerprint density at radius 3 is 2.26 bits per heavy atom. The standard InChI is InChI=1S/C20H16BrFN2O3/c21-13-3-7-16(8-4-13)24-18(25)11-17(20(24)27)23(15-9-10-15)19(26)12-1-5-14(22)6-2-12/h1-8,15,17H,9-11H2. The summed E-state index contributed by atoms with van der Waals surface area (Å²) >= 11 is 3.33. The first kappa shape index (κ1) is 17.9. The predicted octanol–water partition coefficient (Wildman–Crippen LogP) is 3.52. The molecule has 0 radical (unpaired) electrons. The van der Waals surface area contributed by atoms with Crippen LogP contribution in [0.25, 0.3) is 0 Å². The second kappa shape index (κ2) is 6.88. The lowest BCUT2D eigenvalue weighted by Crippen LogP contribution is -2.46. The zero-order valence-corrected chi connectivity index (χ0v) is 15.9. The van der Waals surface area contributed by atoms with Crippen LogP contribution in [-0.2, 0) is 9.59 Å². The van der Waals surface area contributed by atoms with Gasteiger partial charge in [0.15, 0.2) is 0 Å². The van der Waals surface area contributed by atoms with Crippen molar-refractivity contribution in [2.45, 2.75) is 31.3 Å². The molecule has 1 unspecified atom stereocenters. The fourth-order valence-corrected chi connectivity index (χ4v) is 3.62. The minimum Gasteiger partial charge on any atom is -0.323 e. The molecule has 0 bridgehead atoms. The maximum Gasteiger partial charge on any atom is 0.257 e. The van der Waals surface area contributed by atoms with Crippen LogP contribution in [0, 0.1) is 5.82 Å². The number of halogens is 2. The van der Waals surface area contributed by atoms with Gasteiger partial charge in [-0.25, -0.2) is 9.29 Å². The van der Waals surface area contributed by atoms with Gasteiger partial charge in [-0.05, 0) is 61.4 Å². The van der Waals surface area contributed by atoms with Gasteiger partial charge in [0.1, 0.15) is 11.9 Å². The second-order valence-electron chi connectivity index (χ2n) is 6.71. The highest BCUT2D eigenvalue weighted by Gasteiger charge is 2.48. The third-order valence-corrected chi connectivity index (χ3v) is 5.34. The van der Waals surface area contributed by atoms with E-state index in [1.54, 1.807) is 24.3 Å². The third-order valence-electron chi connectivity index (χ3n) is 4.81. The Labute approximate surface area is 163 Å². The molecule has 2 aromatic rings. The molecular weight excluding hydrogens is 415 g/mol. The number of imide groups is 1. The van der Waals surface area contributed by atoms with Gasteiger partial charge in [0, 0.05) is 16.1 Å². The first-order valence-corrected chi connectivity index (χ1v) is 9.45. The van der Waals surface area contributed by atoms with Gasteiger partial charge in [0.25, 0.3) is 11.8 Å². The van der Waals surface area contributed by atoms with Crippen LogP contribution < -0.4 is 4.90 Å². The number of carbonyl (C=O) groups excluding carboxylic acids is 3. The zero-order chi connectivity index (χ0) is 19.1. The molecule has 138 valence electrons. The molecule has 27 heavy (non-hydrogen) atoms. The molecule has 2 aliphatic rings. The molecule has 1 aliphatic heterocycles. The van der Waals surface area contributed by atoms with Crippen molar-refractivity contribution < 1.29 is 18.8 Å². The Bertz CT molecular complexity index is 910.